The van der Waals surface area contributed by atoms with Crippen molar-refractivity contribution in [2.45, 2.75) is 44.6 Å². The van der Waals surface area contributed by atoms with Crippen molar-refractivity contribution in [3.63, 3.8) is 0 Å². The molecular weight excluding hydrogens is 422 g/mol. The molecule has 3 aromatic rings. The predicted molar refractivity (Wildman–Crippen MR) is 127 cm³/mol. The first-order valence-electron chi connectivity index (χ1n) is 11.4. The Balaban J connectivity index is 1.67. The fourth-order valence-electron chi connectivity index (χ4n) is 5.40. The van der Waals surface area contributed by atoms with Gasteiger partial charge >= 0.3 is 0 Å². The molecule has 1 aromatic heterocycles. The van der Waals surface area contributed by atoms with Gasteiger partial charge in [-0.15, -0.1) is 0 Å². The minimum absolute atomic E-state index is 0.00636. The van der Waals surface area contributed by atoms with Crippen LogP contribution in [-0.4, -0.2) is 46.2 Å². The van der Waals surface area contributed by atoms with Crippen LogP contribution >= 0.6 is 11.6 Å². The number of rotatable bonds is 5. The minimum Gasteiger partial charge on any atom is -0.356 e. The molecule has 2 atom stereocenters. The van der Waals surface area contributed by atoms with E-state index in [1.807, 2.05) is 49.4 Å². The molecule has 0 radical (unpaired) electrons. The lowest BCUT2D eigenvalue weighted by Gasteiger charge is -2.51. The van der Waals surface area contributed by atoms with Crippen molar-refractivity contribution >= 4 is 34.3 Å². The number of hydrogen-bond donors (Lipinski definition) is 1. The third-order valence-electron chi connectivity index (χ3n) is 7.12. The number of fused-ring (bicyclic) bond motifs is 5. The van der Waals surface area contributed by atoms with Crippen molar-refractivity contribution < 1.29 is 9.59 Å². The smallest absolute Gasteiger partial charge is 0.254 e. The molecule has 1 saturated heterocycles. The first-order chi connectivity index (χ1) is 15.4. The maximum Gasteiger partial charge on any atom is 0.254 e. The zero-order chi connectivity index (χ0) is 22.5. The Kier molecular flexibility index (Phi) is 5.25. The second kappa shape index (κ2) is 7.96. The summed E-state index contributed by atoms with van der Waals surface area (Å²) in [7, 11) is 0. The molecule has 0 aliphatic carbocycles. The van der Waals surface area contributed by atoms with E-state index >= 15 is 0 Å². The number of nitrogens with one attached hydrogen (secondary N) is 1. The van der Waals surface area contributed by atoms with Crippen LogP contribution in [0.5, 0.6) is 0 Å². The highest BCUT2D eigenvalue weighted by molar-refractivity contribution is 6.30. The molecule has 1 N–H and O–H groups in total. The molecule has 6 heteroatoms. The van der Waals surface area contributed by atoms with E-state index in [0.29, 0.717) is 18.1 Å². The van der Waals surface area contributed by atoms with E-state index in [9.17, 15) is 9.59 Å². The summed E-state index contributed by atoms with van der Waals surface area (Å²) in [6.07, 6.45) is 3.04. The van der Waals surface area contributed by atoms with Crippen molar-refractivity contribution in [3.8, 4) is 0 Å². The SMILES string of the molecule is CCCCCN1CC(=O)N2CC(c3ccc(Cl)cc3)c3c([nH]c4ccccc34)C2(C)C1=O. The van der Waals surface area contributed by atoms with Crippen LogP contribution in [0.25, 0.3) is 10.9 Å². The summed E-state index contributed by atoms with van der Waals surface area (Å²) in [5, 5.41) is 1.78. The summed E-state index contributed by atoms with van der Waals surface area (Å²) < 4.78 is 0. The number of hydrogen-bond acceptors (Lipinski definition) is 2. The standard InChI is InChI=1S/C26H28ClN3O2/c1-3-4-7-14-29-16-22(31)30-15-20(17-10-12-18(27)13-11-17)23-19-8-5-6-9-21(19)28-24(23)26(30,2)25(29)32/h5-6,8-13,20,28H,3-4,7,14-16H2,1-2H3. The monoisotopic (exact) mass is 449 g/mol. The summed E-state index contributed by atoms with van der Waals surface area (Å²) in [6.45, 7) is 5.30. The Morgan fingerprint density at radius 2 is 1.84 bits per heavy atom. The summed E-state index contributed by atoms with van der Waals surface area (Å²) in [5.74, 6) is -0.0164. The van der Waals surface area contributed by atoms with Crippen LogP contribution in [0.15, 0.2) is 48.5 Å². The number of para-hydroxylation sites is 1. The van der Waals surface area contributed by atoms with Crippen LogP contribution in [0.2, 0.25) is 5.02 Å². The molecule has 2 aliphatic heterocycles. The van der Waals surface area contributed by atoms with Gasteiger partial charge in [0, 0.05) is 34.9 Å². The topological polar surface area (TPSA) is 56.4 Å². The number of benzene rings is 2. The van der Waals surface area contributed by atoms with Gasteiger partial charge in [0.15, 0.2) is 5.54 Å². The Bertz CT molecular complexity index is 1190. The normalized spacial score (nSPS) is 22.9. The molecule has 2 aromatic carbocycles. The van der Waals surface area contributed by atoms with Crippen molar-refractivity contribution in [2.24, 2.45) is 0 Å². The van der Waals surface area contributed by atoms with Crippen LogP contribution in [0.4, 0.5) is 0 Å². The summed E-state index contributed by atoms with van der Waals surface area (Å²) in [5.41, 5.74) is 3.00. The van der Waals surface area contributed by atoms with Crippen molar-refractivity contribution in [1.29, 1.82) is 0 Å². The summed E-state index contributed by atoms with van der Waals surface area (Å²) in [4.78, 5) is 34.3. The van der Waals surface area contributed by atoms with Gasteiger partial charge in [0.05, 0.1) is 12.2 Å². The van der Waals surface area contributed by atoms with E-state index in [1.54, 1.807) is 9.80 Å². The van der Waals surface area contributed by atoms with E-state index in [1.165, 1.54) is 0 Å². The van der Waals surface area contributed by atoms with Crippen molar-refractivity contribution in [1.82, 2.24) is 14.8 Å². The quantitative estimate of drug-likeness (QED) is 0.554. The lowest BCUT2D eigenvalue weighted by Crippen LogP contribution is -2.67. The maximum atomic E-state index is 13.8. The summed E-state index contributed by atoms with van der Waals surface area (Å²) in [6, 6.07) is 16.0. The van der Waals surface area contributed by atoms with E-state index in [2.05, 4.69) is 18.0 Å². The molecule has 5 nitrogen and oxygen atoms in total. The number of amides is 2. The first kappa shape index (κ1) is 21.1. The van der Waals surface area contributed by atoms with Gasteiger partial charge in [0.25, 0.3) is 5.91 Å². The number of aromatic amines is 1. The van der Waals surface area contributed by atoms with Gasteiger partial charge in [-0.2, -0.15) is 0 Å². The van der Waals surface area contributed by atoms with E-state index in [0.717, 1.165) is 47.0 Å². The molecule has 32 heavy (non-hydrogen) atoms. The Morgan fingerprint density at radius 1 is 1.09 bits per heavy atom. The number of nitrogens with zero attached hydrogens (tertiary/aromatic N) is 2. The van der Waals surface area contributed by atoms with Gasteiger partial charge in [0.2, 0.25) is 5.91 Å². The van der Waals surface area contributed by atoms with Gasteiger partial charge in [-0.05, 0) is 42.7 Å². The van der Waals surface area contributed by atoms with Gasteiger partial charge in [-0.25, -0.2) is 0 Å². The van der Waals surface area contributed by atoms with E-state index in [4.69, 9.17) is 11.6 Å². The fraction of sp³-hybridized carbons (Fsp3) is 0.385. The third kappa shape index (κ3) is 3.14. The summed E-state index contributed by atoms with van der Waals surface area (Å²) >= 11 is 6.15. The lowest BCUT2D eigenvalue weighted by atomic mass is 9.76. The van der Waals surface area contributed by atoms with Gasteiger partial charge in [-0.3, -0.25) is 9.59 Å². The molecule has 5 rings (SSSR count). The van der Waals surface area contributed by atoms with Crippen LogP contribution in [-0.2, 0) is 15.1 Å². The number of piperazine rings is 1. The highest BCUT2D eigenvalue weighted by atomic mass is 35.5. The minimum atomic E-state index is -1.03. The number of carbonyl (C=O) groups excluding carboxylic acids is 2. The maximum absolute atomic E-state index is 13.8. The van der Waals surface area contributed by atoms with E-state index < -0.39 is 5.54 Å². The van der Waals surface area contributed by atoms with Crippen molar-refractivity contribution in [2.75, 3.05) is 19.6 Å². The average Bonchev–Trinajstić information content (AvgIpc) is 3.19. The predicted octanol–water partition coefficient (Wildman–Crippen LogP) is 5.04. The third-order valence-corrected chi connectivity index (χ3v) is 7.37. The van der Waals surface area contributed by atoms with Gasteiger partial charge in [-0.1, -0.05) is 61.7 Å². The molecule has 0 saturated carbocycles. The van der Waals surface area contributed by atoms with Crippen LogP contribution in [0.1, 0.15) is 55.8 Å². The molecule has 2 amide bonds. The van der Waals surface area contributed by atoms with Crippen LogP contribution in [0.3, 0.4) is 0 Å². The second-order valence-electron chi connectivity index (χ2n) is 9.07. The molecule has 0 spiro atoms. The molecule has 1 fully saturated rings. The largest absolute Gasteiger partial charge is 0.356 e. The number of H-pyrrole nitrogens is 1. The Hall–Kier alpha value is -2.79. The second-order valence-corrected chi connectivity index (χ2v) is 9.51. The molecule has 166 valence electrons. The average molecular weight is 450 g/mol. The first-order valence-corrected chi connectivity index (χ1v) is 11.8. The molecular formula is C26H28ClN3O2. The van der Waals surface area contributed by atoms with E-state index in [-0.39, 0.29) is 24.3 Å². The zero-order valence-electron chi connectivity index (χ0n) is 18.5. The number of unbranched alkanes of at least 4 members (excludes halogenated alkanes) is 2. The fourth-order valence-corrected chi connectivity index (χ4v) is 5.53. The molecule has 2 unspecified atom stereocenters. The number of carbonyl (C=O) groups is 2. The number of halogens is 1. The lowest BCUT2D eigenvalue weighted by molar-refractivity contribution is -0.166. The highest BCUT2D eigenvalue weighted by Gasteiger charge is 2.56. The van der Waals surface area contributed by atoms with Crippen molar-refractivity contribution in [3.05, 3.63) is 70.4 Å². The molecule has 3 heterocycles. The van der Waals surface area contributed by atoms with Gasteiger partial charge < -0.3 is 14.8 Å². The van der Waals surface area contributed by atoms with Gasteiger partial charge in [0.1, 0.15) is 0 Å². The Morgan fingerprint density at radius 3 is 2.59 bits per heavy atom. The molecule has 2 aliphatic rings. The number of aromatic nitrogens is 1. The molecule has 0 bridgehead atoms. The highest BCUT2D eigenvalue weighted by Crippen LogP contribution is 2.48. The van der Waals surface area contributed by atoms with Crippen LogP contribution in [0, 0.1) is 0 Å². The Labute approximate surface area is 193 Å². The van der Waals surface area contributed by atoms with Crippen LogP contribution < -0.4 is 0 Å². The zero-order valence-corrected chi connectivity index (χ0v) is 19.3.